The maximum atomic E-state index is 12.8. The van der Waals surface area contributed by atoms with Crippen LogP contribution in [0.2, 0.25) is 0 Å². The zero-order valence-electron chi connectivity index (χ0n) is 9.83. The molecule has 0 bridgehead atoms. The molecule has 1 aliphatic rings. The van der Waals surface area contributed by atoms with Crippen molar-refractivity contribution in [2.24, 2.45) is 5.92 Å². The number of benzene rings is 1. The van der Waals surface area contributed by atoms with E-state index in [0.717, 1.165) is 6.07 Å². The van der Waals surface area contributed by atoms with Crippen LogP contribution in [0.1, 0.15) is 24.3 Å². The summed E-state index contributed by atoms with van der Waals surface area (Å²) < 4.78 is 43.8. The molecule has 0 radical (unpaired) electrons. The summed E-state index contributed by atoms with van der Waals surface area (Å²) in [5.41, 5.74) is -0.473. The fourth-order valence-electron chi connectivity index (χ4n) is 1.87. The lowest BCUT2D eigenvalue weighted by Gasteiger charge is -2.30. The highest BCUT2D eigenvalue weighted by Crippen LogP contribution is 2.35. The summed E-state index contributed by atoms with van der Waals surface area (Å²) in [6.07, 6.45) is -5.01. The average Bonchev–Trinajstić information content (AvgIpc) is 2.29. The molecule has 0 saturated carbocycles. The molecular formula is C12H15ClF3NO. The molecule has 2 unspecified atom stereocenters. The molecule has 1 N–H and O–H groups in total. The molecule has 2 atom stereocenters. The topological polar surface area (TPSA) is 21.3 Å². The lowest BCUT2D eigenvalue weighted by Crippen LogP contribution is -2.37. The maximum absolute atomic E-state index is 12.8. The summed E-state index contributed by atoms with van der Waals surface area (Å²) in [6.45, 7) is 3.12. The van der Waals surface area contributed by atoms with Crippen molar-refractivity contribution in [2.45, 2.75) is 19.3 Å². The van der Waals surface area contributed by atoms with Crippen LogP contribution in [0.25, 0.3) is 0 Å². The lowest BCUT2D eigenvalue weighted by atomic mass is 10.0. The SMILES string of the molecule is CC1CNC(c2ccccc2C(F)(F)F)OC1.Cl. The first-order chi connectivity index (χ1) is 7.98. The minimum Gasteiger partial charge on any atom is -0.359 e. The van der Waals surface area contributed by atoms with Gasteiger partial charge >= 0.3 is 6.18 Å². The van der Waals surface area contributed by atoms with Crippen molar-refractivity contribution in [3.63, 3.8) is 0 Å². The number of hydrogen-bond acceptors (Lipinski definition) is 2. The van der Waals surface area contributed by atoms with Gasteiger partial charge in [-0.3, -0.25) is 5.32 Å². The van der Waals surface area contributed by atoms with E-state index in [9.17, 15) is 13.2 Å². The molecule has 0 amide bonds. The molecule has 102 valence electrons. The van der Waals surface area contributed by atoms with Crippen LogP contribution in [0.15, 0.2) is 24.3 Å². The van der Waals surface area contributed by atoms with E-state index in [4.69, 9.17) is 4.74 Å². The molecule has 2 rings (SSSR count). The predicted molar refractivity (Wildman–Crippen MR) is 64.6 cm³/mol. The van der Waals surface area contributed by atoms with Crippen LogP contribution in [-0.4, -0.2) is 13.2 Å². The van der Waals surface area contributed by atoms with Crippen LogP contribution in [-0.2, 0) is 10.9 Å². The summed E-state index contributed by atoms with van der Waals surface area (Å²) in [5.74, 6) is 0.323. The summed E-state index contributed by atoms with van der Waals surface area (Å²) in [7, 11) is 0. The second-order valence-electron chi connectivity index (χ2n) is 4.31. The van der Waals surface area contributed by atoms with Crippen LogP contribution in [0.4, 0.5) is 13.2 Å². The Morgan fingerprint density at radius 1 is 1.28 bits per heavy atom. The average molecular weight is 282 g/mol. The van der Waals surface area contributed by atoms with Crippen LogP contribution in [0, 0.1) is 5.92 Å². The minimum atomic E-state index is -4.34. The molecule has 0 aliphatic carbocycles. The van der Waals surface area contributed by atoms with E-state index in [0.29, 0.717) is 19.1 Å². The molecular weight excluding hydrogens is 267 g/mol. The van der Waals surface area contributed by atoms with Crippen LogP contribution in [0.5, 0.6) is 0 Å². The molecule has 18 heavy (non-hydrogen) atoms. The van der Waals surface area contributed by atoms with Crippen LogP contribution >= 0.6 is 12.4 Å². The Bertz CT molecular complexity index is 389. The first kappa shape index (κ1) is 15.3. The van der Waals surface area contributed by atoms with E-state index >= 15 is 0 Å². The standard InChI is InChI=1S/C12H14F3NO.ClH/c1-8-6-16-11(17-7-8)9-4-2-3-5-10(9)12(13,14)15;/h2-5,8,11,16H,6-7H2,1H3;1H. The van der Waals surface area contributed by atoms with Crippen molar-refractivity contribution in [1.29, 1.82) is 0 Å². The molecule has 1 aromatic carbocycles. The van der Waals surface area contributed by atoms with Gasteiger partial charge in [0, 0.05) is 12.1 Å². The summed E-state index contributed by atoms with van der Waals surface area (Å²) >= 11 is 0. The van der Waals surface area contributed by atoms with Gasteiger partial charge in [-0.25, -0.2) is 0 Å². The number of hydrogen-bond donors (Lipinski definition) is 1. The lowest BCUT2D eigenvalue weighted by molar-refractivity contribution is -0.140. The minimum absolute atomic E-state index is 0. The van der Waals surface area contributed by atoms with Crippen molar-refractivity contribution in [3.05, 3.63) is 35.4 Å². The van der Waals surface area contributed by atoms with Gasteiger partial charge in [0.2, 0.25) is 0 Å². The molecule has 1 aliphatic heterocycles. The van der Waals surface area contributed by atoms with Gasteiger partial charge in [0.25, 0.3) is 0 Å². The van der Waals surface area contributed by atoms with Crippen molar-refractivity contribution in [3.8, 4) is 0 Å². The van der Waals surface area contributed by atoms with Crippen molar-refractivity contribution in [2.75, 3.05) is 13.2 Å². The monoisotopic (exact) mass is 281 g/mol. The van der Waals surface area contributed by atoms with Gasteiger partial charge in [-0.15, -0.1) is 12.4 Å². The Labute approximate surface area is 110 Å². The smallest absolute Gasteiger partial charge is 0.359 e. The van der Waals surface area contributed by atoms with Gasteiger partial charge in [0.15, 0.2) is 0 Å². The van der Waals surface area contributed by atoms with Crippen LogP contribution < -0.4 is 5.32 Å². The van der Waals surface area contributed by atoms with Crippen molar-refractivity contribution < 1.29 is 17.9 Å². The summed E-state index contributed by atoms with van der Waals surface area (Å²) in [5, 5.41) is 2.98. The molecule has 1 heterocycles. The zero-order chi connectivity index (χ0) is 12.5. The van der Waals surface area contributed by atoms with E-state index < -0.39 is 18.0 Å². The number of rotatable bonds is 1. The van der Waals surface area contributed by atoms with Crippen molar-refractivity contribution in [1.82, 2.24) is 5.32 Å². The normalized spacial score (nSPS) is 24.4. The molecule has 0 aromatic heterocycles. The van der Waals surface area contributed by atoms with Gasteiger partial charge in [0.05, 0.1) is 12.2 Å². The number of nitrogens with one attached hydrogen (secondary N) is 1. The third-order valence-corrected chi connectivity index (χ3v) is 2.75. The van der Waals surface area contributed by atoms with E-state index in [2.05, 4.69) is 5.32 Å². The highest BCUT2D eigenvalue weighted by molar-refractivity contribution is 5.85. The molecule has 1 saturated heterocycles. The molecule has 0 spiro atoms. The molecule has 1 fully saturated rings. The largest absolute Gasteiger partial charge is 0.416 e. The molecule has 6 heteroatoms. The maximum Gasteiger partial charge on any atom is 0.416 e. The highest BCUT2D eigenvalue weighted by atomic mass is 35.5. The third-order valence-electron chi connectivity index (χ3n) is 2.75. The number of halogens is 4. The number of ether oxygens (including phenoxy) is 1. The zero-order valence-corrected chi connectivity index (χ0v) is 10.6. The van der Waals surface area contributed by atoms with E-state index in [1.54, 1.807) is 6.07 Å². The second kappa shape index (κ2) is 5.91. The molecule has 2 nitrogen and oxygen atoms in total. The summed E-state index contributed by atoms with van der Waals surface area (Å²) in [4.78, 5) is 0. The number of alkyl halides is 3. The fourth-order valence-corrected chi connectivity index (χ4v) is 1.87. The van der Waals surface area contributed by atoms with Gasteiger partial charge < -0.3 is 4.74 Å². The Kier molecular flexibility index (Phi) is 5.01. The van der Waals surface area contributed by atoms with Gasteiger partial charge in [0.1, 0.15) is 6.23 Å². The van der Waals surface area contributed by atoms with E-state index in [1.165, 1.54) is 12.1 Å². The Morgan fingerprint density at radius 3 is 2.50 bits per heavy atom. The van der Waals surface area contributed by atoms with E-state index in [1.807, 2.05) is 6.92 Å². The Hall–Kier alpha value is -0.780. The Morgan fingerprint density at radius 2 is 1.94 bits per heavy atom. The predicted octanol–water partition coefficient (Wildman–Crippen LogP) is 3.38. The van der Waals surface area contributed by atoms with E-state index in [-0.39, 0.29) is 18.0 Å². The summed E-state index contributed by atoms with van der Waals surface area (Å²) in [6, 6.07) is 5.51. The van der Waals surface area contributed by atoms with Gasteiger partial charge in [-0.05, 0) is 12.0 Å². The van der Waals surface area contributed by atoms with Gasteiger partial charge in [-0.1, -0.05) is 25.1 Å². The fraction of sp³-hybridized carbons (Fsp3) is 0.500. The first-order valence-corrected chi connectivity index (χ1v) is 5.49. The third kappa shape index (κ3) is 3.37. The quantitative estimate of drug-likeness (QED) is 0.852. The van der Waals surface area contributed by atoms with Crippen LogP contribution in [0.3, 0.4) is 0 Å². The van der Waals surface area contributed by atoms with Gasteiger partial charge in [-0.2, -0.15) is 13.2 Å². The Balaban J connectivity index is 0.00000162. The molecule has 1 aromatic rings. The van der Waals surface area contributed by atoms with Crippen molar-refractivity contribution >= 4 is 12.4 Å². The second-order valence-corrected chi connectivity index (χ2v) is 4.31. The highest BCUT2D eigenvalue weighted by Gasteiger charge is 2.35. The first-order valence-electron chi connectivity index (χ1n) is 5.49.